The van der Waals surface area contributed by atoms with E-state index in [2.05, 4.69) is 0 Å². The smallest absolute Gasteiger partial charge is 0.419 e. The number of ether oxygens (including phenoxy) is 2. The van der Waals surface area contributed by atoms with Crippen molar-refractivity contribution in [3.05, 3.63) is 36.0 Å². The predicted molar refractivity (Wildman–Crippen MR) is 113 cm³/mol. The van der Waals surface area contributed by atoms with E-state index in [1.807, 2.05) is 33.8 Å². The highest BCUT2D eigenvalue weighted by Gasteiger charge is 2.31. The first-order chi connectivity index (χ1) is 13.5. The van der Waals surface area contributed by atoms with E-state index in [1.165, 1.54) is 10.8 Å². The summed E-state index contributed by atoms with van der Waals surface area (Å²) in [5, 5.41) is 10.8. The minimum absolute atomic E-state index is 0.0364. The number of aromatic nitrogens is 1. The molecule has 1 aromatic carbocycles. The van der Waals surface area contributed by atoms with Gasteiger partial charge in [-0.05, 0) is 39.2 Å². The van der Waals surface area contributed by atoms with Gasteiger partial charge >= 0.3 is 12.1 Å². The van der Waals surface area contributed by atoms with Crippen LogP contribution in [0.2, 0.25) is 0 Å². The lowest BCUT2D eigenvalue weighted by Gasteiger charge is -2.30. The molecule has 160 valence electrons. The van der Waals surface area contributed by atoms with Gasteiger partial charge in [0.2, 0.25) is 0 Å². The number of rotatable bonds is 6. The Morgan fingerprint density at radius 1 is 1.14 bits per heavy atom. The van der Waals surface area contributed by atoms with Crippen molar-refractivity contribution in [2.45, 2.75) is 72.7 Å². The zero-order chi connectivity index (χ0) is 21.9. The van der Waals surface area contributed by atoms with Crippen molar-refractivity contribution in [3.8, 4) is 0 Å². The van der Waals surface area contributed by atoms with Crippen LogP contribution >= 0.6 is 0 Å². The van der Waals surface area contributed by atoms with Crippen molar-refractivity contribution in [2.75, 3.05) is 0 Å². The van der Waals surface area contributed by atoms with Crippen LogP contribution < -0.4 is 0 Å². The topological polar surface area (TPSA) is 77.8 Å². The molecule has 29 heavy (non-hydrogen) atoms. The number of hydrogen-bond donors (Lipinski definition) is 1. The number of nitrogens with zero attached hydrogens (tertiary/aromatic N) is 1. The summed E-state index contributed by atoms with van der Waals surface area (Å²) >= 11 is 0. The van der Waals surface area contributed by atoms with Gasteiger partial charge in [-0.15, -0.1) is 0 Å². The van der Waals surface area contributed by atoms with Crippen LogP contribution in [0.1, 0.15) is 65.2 Å². The van der Waals surface area contributed by atoms with Crippen LogP contribution in [0.15, 0.2) is 30.5 Å². The fourth-order valence-electron chi connectivity index (χ4n) is 3.43. The molecule has 0 saturated carbocycles. The number of para-hydroxylation sites is 1. The fourth-order valence-corrected chi connectivity index (χ4v) is 3.43. The van der Waals surface area contributed by atoms with E-state index >= 15 is 0 Å². The van der Waals surface area contributed by atoms with Crippen LogP contribution in [0.5, 0.6) is 0 Å². The molecule has 0 radical (unpaired) electrons. The molecular formula is C23H33NO5. The van der Waals surface area contributed by atoms with Gasteiger partial charge in [0.25, 0.3) is 0 Å². The number of esters is 1. The van der Waals surface area contributed by atoms with Crippen LogP contribution in [0.4, 0.5) is 4.79 Å². The van der Waals surface area contributed by atoms with Crippen molar-refractivity contribution < 1.29 is 24.2 Å². The van der Waals surface area contributed by atoms with Gasteiger partial charge in [0.05, 0.1) is 17.2 Å². The third-order valence-electron chi connectivity index (χ3n) is 4.97. The zero-order valence-electron chi connectivity index (χ0n) is 18.4. The van der Waals surface area contributed by atoms with Crippen LogP contribution in [0.3, 0.4) is 0 Å². The van der Waals surface area contributed by atoms with E-state index in [4.69, 9.17) is 9.47 Å². The fraction of sp³-hybridized carbons (Fsp3) is 0.565. The molecule has 0 fully saturated rings. The van der Waals surface area contributed by atoms with E-state index in [0.717, 1.165) is 0 Å². The van der Waals surface area contributed by atoms with Crippen LogP contribution in [0, 0.1) is 11.8 Å². The Balaban J connectivity index is 2.40. The van der Waals surface area contributed by atoms with Crippen molar-refractivity contribution in [1.82, 2.24) is 4.57 Å². The molecule has 1 aromatic heterocycles. The summed E-state index contributed by atoms with van der Waals surface area (Å²) in [5.41, 5.74) is 0.226. The van der Waals surface area contributed by atoms with Gasteiger partial charge in [0.15, 0.2) is 0 Å². The monoisotopic (exact) mass is 403 g/mol. The molecule has 0 saturated heterocycles. The minimum Gasteiger partial charge on any atom is -0.458 e. The SMILES string of the molecule is CC[C@H](O)[C@H](C)[C@@H](OC(=O)c1cn(C(=O)OC(C)(C)C)c2ccccc12)C(C)C. The summed E-state index contributed by atoms with van der Waals surface area (Å²) < 4.78 is 12.6. The molecule has 0 spiro atoms. The van der Waals surface area contributed by atoms with E-state index in [9.17, 15) is 14.7 Å². The normalized spacial score (nSPS) is 15.2. The summed E-state index contributed by atoms with van der Waals surface area (Å²) in [6.07, 6.45) is 0.501. The molecular weight excluding hydrogens is 370 g/mol. The number of fused-ring (bicyclic) bond motifs is 1. The highest BCUT2D eigenvalue weighted by atomic mass is 16.6. The second-order valence-electron chi connectivity index (χ2n) is 8.86. The Kier molecular flexibility index (Phi) is 7.11. The maximum absolute atomic E-state index is 13.0. The second-order valence-corrected chi connectivity index (χ2v) is 8.86. The first-order valence-corrected chi connectivity index (χ1v) is 10.2. The summed E-state index contributed by atoms with van der Waals surface area (Å²) in [6, 6.07) is 7.15. The first-order valence-electron chi connectivity index (χ1n) is 10.2. The number of aliphatic hydroxyl groups is 1. The molecule has 0 aliphatic carbocycles. The van der Waals surface area contributed by atoms with Gasteiger partial charge in [-0.25, -0.2) is 9.59 Å². The van der Waals surface area contributed by atoms with Crippen molar-refractivity contribution in [1.29, 1.82) is 0 Å². The maximum Gasteiger partial charge on any atom is 0.419 e. The molecule has 1 heterocycles. The Hall–Kier alpha value is -2.34. The Bertz CT molecular complexity index is 862. The summed E-state index contributed by atoms with van der Waals surface area (Å²) in [7, 11) is 0. The number of carbonyl (C=O) groups is 2. The summed E-state index contributed by atoms with van der Waals surface area (Å²) in [5.74, 6) is -0.685. The number of carbonyl (C=O) groups excluding carboxylic acids is 2. The molecule has 6 nitrogen and oxygen atoms in total. The average molecular weight is 404 g/mol. The molecule has 0 unspecified atom stereocenters. The lowest BCUT2D eigenvalue weighted by atomic mass is 9.89. The molecule has 1 N–H and O–H groups in total. The lowest BCUT2D eigenvalue weighted by Crippen LogP contribution is -2.36. The number of aliphatic hydroxyl groups excluding tert-OH is 1. The quantitative estimate of drug-likeness (QED) is 0.686. The van der Waals surface area contributed by atoms with Crippen molar-refractivity contribution in [2.24, 2.45) is 11.8 Å². The molecule has 0 bridgehead atoms. The highest BCUT2D eigenvalue weighted by Crippen LogP contribution is 2.27. The Labute approximate surface area is 172 Å². The van der Waals surface area contributed by atoms with Gasteiger partial charge < -0.3 is 14.6 Å². The van der Waals surface area contributed by atoms with Crippen LogP contribution in [-0.2, 0) is 9.47 Å². The van der Waals surface area contributed by atoms with E-state index in [-0.39, 0.29) is 11.8 Å². The third kappa shape index (κ3) is 5.38. The first kappa shape index (κ1) is 22.9. The second kappa shape index (κ2) is 8.99. The van der Waals surface area contributed by atoms with Gasteiger partial charge in [-0.1, -0.05) is 45.9 Å². The molecule has 0 amide bonds. The van der Waals surface area contributed by atoms with E-state index in [0.29, 0.717) is 22.9 Å². The summed E-state index contributed by atoms with van der Waals surface area (Å²) in [4.78, 5) is 25.7. The molecule has 2 rings (SSSR count). The standard InChI is InChI=1S/C23H33NO5/c1-8-19(25)15(4)20(14(2)3)28-21(26)17-13-24(22(27)29-23(5,6)7)18-12-10-9-11-16(17)18/h9-15,19-20,25H,8H2,1-7H3/t15-,19-,20-/m0/s1. The maximum atomic E-state index is 13.0. The average Bonchev–Trinajstić information content (AvgIpc) is 3.03. The zero-order valence-corrected chi connectivity index (χ0v) is 18.4. The molecule has 0 aliphatic rings. The van der Waals surface area contributed by atoms with Gasteiger partial charge in [-0.3, -0.25) is 4.57 Å². The van der Waals surface area contributed by atoms with Gasteiger partial charge in [0, 0.05) is 17.5 Å². The van der Waals surface area contributed by atoms with E-state index < -0.39 is 29.9 Å². The predicted octanol–water partition coefficient (Wildman–Crippen LogP) is 5.01. The third-order valence-corrected chi connectivity index (χ3v) is 4.97. The molecule has 2 aromatic rings. The molecule has 0 aliphatic heterocycles. The molecule has 6 heteroatoms. The molecule has 3 atom stereocenters. The van der Waals surface area contributed by atoms with E-state index in [1.54, 1.807) is 39.0 Å². The lowest BCUT2D eigenvalue weighted by molar-refractivity contribution is -0.0314. The minimum atomic E-state index is -0.655. The van der Waals surface area contributed by atoms with Crippen molar-refractivity contribution in [3.63, 3.8) is 0 Å². The van der Waals surface area contributed by atoms with Crippen LogP contribution in [0.25, 0.3) is 10.9 Å². The Morgan fingerprint density at radius 2 is 1.76 bits per heavy atom. The van der Waals surface area contributed by atoms with Crippen molar-refractivity contribution >= 4 is 23.0 Å². The van der Waals surface area contributed by atoms with Crippen LogP contribution in [-0.4, -0.2) is 39.5 Å². The Morgan fingerprint density at radius 3 is 2.31 bits per heavy atom. The highest BCUT2D eigenvalue weighted by molar-refractivity contribution is 6.06. The van der Waals surface area contributed by atoms with Gasteiger partial charge in [-0.2, -0.15) is 0 Å². The largest absolute Gasteiger partial charge is 0.458 e. The summed E-state index contributed by atoms with van der Waals surface area (Å²) in [6.45, 7) is 13.1. The number of benzene rings is 1. The number of hydrogen-bond acceptors (Lipinski definition) is 5. The van der Waals surface area contributed by atoms with Gasteiger partial charge in [0.1, 0.15) is 11.7 Å².